The predicted molar refractivity (Wildman–Crippen MR) is 155 cm³/mol. The fourth-order valence-electron chi connectivity index (χ4n) is 6.39. The number of carbonyl (C=O) groups is 1. The summed E-state index contributed by atoms with van der Waals surface area (Å²) in [7, 11) is 0. The molecule has 0 bridgehead atoms. The van der Waals surface area contributed by atoms with Gasteiger partial charge < -0.3 is 4.74 Å². The van der Waals surface area contributed by atoms with Crippen LogP contribution in [0.1, 0.15) is 12.5 Å². The lowest BCUT2D eigenvalue weighted by Gasteiger charge is -2.45. The van der Waals surface area contributed by atoms with Gasteiger partial charge in [0.25, 0.3) is 0 Å². The van der Waals surface area contributed by atoms with Gasteiger partial charge in [0, 0.05) is 5.56 Å². The Morgan fingerprint density at radius 1 is 0.622 bits per heavy atom. The number of esters is 1. The number of allylic oxidation sites excluding steroid dienone is 1. The zero-order chi connectivity index (χ0) is 25.0. The smallest absolute Gasteiger partial charge is 0.330 e. The molecule has 1 unspecified atom stereocenters. The van der Waals surface area contributed by atoms with Crippen LogP contribution in [0.2, 0.25) is 0 Å². The molecule has 2 aliphatic rings. The van der Waals surface area contributed by atoms with Gasteiger partial charge in [0.1, 0.15) is 11.2 Å². The van der Waals surface area contributed by atoms with Gasteiger partial charge in [-0.15, -0.1) is 0 Å². The molecule has 0 amide bonds. The Bertz CT molecular complexity index is 1670. The van der Waals surface area contributed by atoms with E-state index in [2.05, 4.69) is 116 Å². The van der Waals surface area contributed by atoms with Gasteiger partial charge in [-0.05, 0) is 57.4 Å². The lowest BCUT2D eigenvalue weighted by atomic mass is 9.66. The summed E-state index contributed by atoms with van der Waals surface area (Å²) >= 11 is 0. The second-order valence-corrected chi connectivity index (χ2v) is 13.0. The maximum atomic E-state index is 14.1. The number of rotatable bonds is 3. The van der Waals surface area contributed by atoms with Crippen LogP contribution in [0, 0.1) is 0 Å². The van der Waals surface area contributed by atoms with Crippen LogP contribution in [0.25, 0.3) is 10.8 Å². The SMILES string of the molecule is CC1=CC2(C(=O)Oc3ccc4ccccc4c32)C1=P(c1ccccc1)(c1ccccc1)c1ccccc1. The maximum absolute atomic E-state index is 14.1. The van der Waals surface area contributed by atoms with Crippen molar-refractivity contribution in [2.24, 2.45) is 0 Å². The van der Waals surface area contributed by atoms with E-state index in [-0.39, 0.29) is 5.97 Å². The minimum absolute atomic E-state index is 0.202. The highest BCUT2D eigenvalue weighted by atomic mass is 31.2. The fraction of sp³-hybridized carbons (Fsp3) is 0.0588. The second-order valence-electron chi connectivity index (χ2n) is 9.71. The molecule has 37 heavy (non-hydrogen) atoms. The molecule has 0 saturated carbocycles. The summed E-state index contributed by atoms with van der Waals surface area (Å²) in [6.07, 6.45) is 2.15. The van der Waals surface area contributed by atoms with Crippen LogP contribution in [0.3, 0.4) is 0 Å². The van der Waals surface area contributed by atoms with Crippen molar-refractivity contribution in [3.8, 4) is 5.75 Å². The standard InChI is InChI=1S/C34H25O2P/c1-24-23-34(31-29-20-12-11-13-25(29)21-22-30(31)36-33(34)35)32(24)37(26-14-5-2-6-15-26,27-16-7-3-8-17-27)28-18-9-4-10-19-28/h2-23H,1H3. The van der Waals surface area contributed by atoms with E-state index >= 15 is 0 Å². The number of carbonyl (C=O) groups excluding carboxylic acids is 1. The third-order valence-corrected chi connectivity index (χ3v) is 12.4. The zero-order valence-electron chi connectivity index (χ0n) is 20.5. The molecule has 0 saturated heterocycles. The van der Waals surface area contributed by atoms with Gasteiger partial charge >= 0.3 is 5.97 Å². The molecule has 1 aliphatic heterocycles. The molecule has 1 spiro atoms. The summed E-state index contributed by atoms with van der Waals surface area (Å²) in [4.78, 5) is 14.1. The van der Waals surface area contributed by atoms with E-state index in [0.717, 1.165) is 21.9 Å². The molecule has 0 aromatic heterocycles. The summed E-state index contributed by atoms with van der Waals surface area (Å²) < 4.78 is 6.07. The van der Waals surface area contributed by atoms with Gasteiger partial charge in [0.15, 0.2) is 0 Å². The highest BCUT2D eigenvalue weighted by Crippen LogP contribution is 2.60. The first kappa shape index (κ1) is 22.1. The summed E-state index contributed by atoms with van der Waals surface area (Å²) in [5.74, 6) is 0.462. The molecule has 3 heteroatoms. The molecule has 1 heterocycles. The summed E-state index contributed by atoms with van der Waals surface area (Å²) in [5.41, 5.74) is 1.20. The van der Waals surface area contributed by atoms with Gasteiger partial charge in [-0.3, -0.25) is 0 Å². The van der Waals surface area contributed by atoms with E-state index in [1.54, 1.807) is 0 Å². The molecular formula is C34H25O2P. The molecule has 0 fully saturated rings. The van der Waals surface area contributed by atoms with Gasteiger partial charge in [0.05, 0.1) is 0 Å². The maximum Gasteiger partial charge on any atom is 0.330 e. The Balaban J connectivity index is 1.73. The van der Waals surface area contributed by atoms with E-state index in [1.165, 1.54) is 21.2 Å². The van der Waals surface area contributed by atoms with Crippen molar-refractivity contribution in [3.63, 3.8) is 0 Å². The highest BCUT2D eigenvalue weighted by Gasteiger charge is 2.59. The van der Waals surface area contributed by atoms with Crippen LogP contribution in [-0.2, 0) is 10.2 Å². The number of fused-ring (bicyclic) bond motifs is 4. The predicted octanol–water partition coefficient (Wildman–Crippen LogP) is 6.12. The first-order valence-corrected chi connectivity index (χ1v) is 14.3. The Hall–Kier alpha value is -4.13. The first-order valence-electron chi connectivity index (χ1n) is 12.6. The molecule has 7 rings (SSSR count). The average Bonchev–Trinajstić information content (AvgIpc) is 3.26. The van der Waals surface area contributed by atoms with Crippen LogP contribution in [0.15, 0.2) is 139 Å². The Labute approximate surface area is 216 Å². The largest absolute Gasteiger partial charge is 0.425 e. The van der Waals surface area contributed by atoms with Crippen molar-refractivity contribution in [2.75, 3.05) is 0 Å². The Morgan fingerprint density at radius 2 is 1.14 bits per heavy atom. The molecule has 0 radical (unpaired) electrons. The monoisotopic (exact) mass is 496 g/mol. The average molecular weight is 497 g/mol. The topological polar surface area (TPSA) is 26.3 Å². The van der Waals surface area contributed by atoms with Crippen molar-refractivity contribution < 1.29 is 9.53 Å². The quantitative estimate of drug-likeness (QED) is 0.171. The number of ether oxygens (including phenoxy) is 1. The first-order chi connectivity index (χ1) is 18.2. The van der Waals surface area contributed by atoms with E-state index < -0.39 is 12.3 Å². The molecular weight excluding hydrogens is 471 g/mol. The molecule has 1 aliphatic carbocycles. The second kappa shape index (κ2) is 8.20. The lowest BCUT2D eigenvalue weighted by Crippen LogP contribution is -2.51. The van der Waals surface area contributed by atoms with Crippen LogP contribution >= 0.6 is 6.89 Å². The third kappa shape index (κ3) is 2.91. The highest BCUT2D eigenvalue weighted by molar-refractivity contribution is 7.96. The van der Waals surface area contributed by atoms with Crippen LogP contribution in [0.5, 0.6) is 5.75 Å². The fourth-order valence-corrected chi connectivity index (χ4v) is 11.3. The minimum atomic E-state index is -2.45. The van der Waals surface area contributed by atoms with E-state index in [9.17, 15) is 4.79 Å². The van der Waals surface area contributed by atoms with Crippen LogP contribution in [0.4, 0.5) is 0 Å². The summed E-state index contributed by atoms with van der Waals surface area (Å²) in [6, 6.07) is 44.5. The molecule has 0 N–H and O–H groups in total. The molecule has 178 valence electrons. The van der Waals surface area contributed by atoms with Crippen molar-refractivity contribution in [3.05, 3.63) is 145 Å². The van der Waals surface area contributed by atoms with Gasteiger partial charge in [-0.2, -0.15) is 0 Å². The van der Waals surface area contributed by atoms with Crippen molar-refractivity contribution >= 4 is 44.8 Å². The molecule has 1 atom stereocenters. The lowest BCUT2D eigenvalue weighted by molar-refractivity contribution is -0.134. The van der Waals surface area contributed by atoms with E-state index in [0.29, 0.717) is 5.75 Å². The van der Waals surface area contributed by atoms with Crippen molar-refractivity contribution in [2.45, 2.75) is 12.3 Å². The number of benzene rings is 5. The Morgan fingerprint density at radius 3 is 1.68 bits per heavy atom. The molecule has 2 nitrogen and oxygen atoms in total. The van der Waals surface area contributed by atoms with Gasteiger partial charge in [0.2, 0.25) is 0 Å². The van der Waals surface area contributed by atoms with Crippen molar-refractivity contribution in [1.29, 1.82) is 0 Å². The molecule has 5 aromatic carbocycles. The van der Waals surface area contributed by atoms with Crippen LogP contribution < -0.4 is 20.7 Å². The zero-order valence-corrected chi connectivity index (χ0v) is 21.4. The van der Waals surface area contributed by atoms with E-state index in [1.807, 2.05) is 24.3 Å². The molecule has 5 aromatic rings. The third-order valence-electron chi connectivity index (χ3n) is 7.76. The number of hydrogen-bond acceptors (Lipinski definition) is 2. The normalized spacial score (nSPS) is 18.4. The minimum Gasteiger partial charge on any atom is -0.425 e. The van der Waals surface area contributed by atoms with Crippen LogP contribution in [-0.4, -0.2) is 11.3 Å². The Kier molecular flexibility index (Phi) is 4.90. The summed E-state index contributed by atoms with van der Waals surface area (Å²) in [5, 5.41) is 7.05. The number of hydrogen-bond donors (Lipinski definition) is 0. The van der Waals surface area contributed by atoms with Crippen molar-refractivity contribution in [1.82, 2.24) is 0 Å². The van der Waals surface area contributed by atoms with Gasteiger partial charge in [-0.1, -0.05) is 127 Å². The van der Waals surface area contributed by atoms with E-state index in [4.69, 9.17) is 4.74 Å². The van der Waals surface area contributed by atoms with Gasteiger partial charge in [-0.25, -0.2) is 4.79 Å². The summed E-state index contributed by atoms with van der Waals surface area (Å²) in [6.45, 7) is -0.298.